The minimum atomic E-state index is -3.59. The molecule has 0 radical (unpaired) electrons. The molecule has 4 rings (SSSR count). The summed E-state index contributed by atoms with van der Waals surface area (Å²) in [6.07, 6.45) is 3.61. The number of hydrogen-bond acceptors (Lipinski definition) is 4. The van der Waals surface area contributed by atoms with E-state index in [-0.39, 0.29) is 35.7 Å². The zero-order valence-electron chi connectivity index (χ0n) is 18.5. The fraction of sp³-hybridized carbons (Fsp3) is 0.417. The highest BCUT2D eigenvalue weighted by Gasteiger charge is 2.35. The van der Waals surface area contributed by atoms with E-state index >= 15 is 0 Å². The number of benzene rings is 2. The maximum Gasteiger partial charge on any atom is 0.243 e. The second-order valence-corrected chi connectivity index (χ2v) is 10.5. The van der Waals surface area contributed by atoms with Crippen molar-refractivity contribution in [1.82, 2.24) is 4.31 Å². The number of amides is 2. The maximum atomic E-state index is 13.2. The van der Waals surface area contributed by atoms with Gasteiger partial charge in [-0.15, -0.1) is 0 Å². The van der Waals surface area contributed by atoms with Gasteiger partial charge >= 0.3 is 0 Å². The highest BCUT2D eigenvalue weighted by Crippen LogP contribution is 2.29. The number of nitrogens with zero attached hydrogens (tertiary/aromatic N) is 2. The second-order valence-electron chi connectivity index (χ2n) is 8.57. The van der Waals surface area contributed by atoms with Crippen molar-refractivity contribution < 1.29 is 22.4 Å². The first-order valence-electron chi connectivity index (χ1n) is 11.3. The van der Waals surface area contributed by atoms with E-state index in [1.54, 1.807) is 16.4 Å². The molecule has 7 nitrogen and oxygen atoms in total. The molecule has 9 heteroatoms. The summed E-state index contributed by atoms with van der Waals surface area (Å²) < 4.78 is 40.9. The highest BCUT2D eigenvalue weighted by molar-refractivity contribution is 7.89. The predicted octanol–water partition coefficient (Wildman–Crippen LogP) is 3.77. The maximum absolute atomic E-state index is 13.2. The topological polar surface area (TPSA) is 86.8 Å². The van der Waals surface area contributed by atoms with Gasteiger partial charge in [0, 0.05) is 36.9 Å². The van der Waals surface area contributed by atoms with Crippen LogP contribution in [0.2, 0.25) is 0 Å². The van der Waals surface area contributed by atoms with E-state index in [9.17, 15) is 22.4 Å². The number of carbonyl (C=O) groups excluding carboxylic acids is 2. The summed E-state index contributed by atoms with van der Waals surface area (Å²) in [6.45, 7) is 2.73. The molecular weight excluding hydrogens is 445 g/mol. The van der Waals surface area contributed by atoms with E-state index in [4.69, 9.17) is 0 Å². The summed E-state index contributed by atoms with van der Waals surface area (Å²) in [7, 11) is -3.59. The average Bonchev–Trinajstić information content (AvgIpc) is 3.21. The molecule has 1 N–H and O–H groups in total. The molecule has 2 fully saturated rings. The molecule has 2 unspecified atom stereocenters. The lowest BCUT2D eigenvalue weighted by atomic mass is 10.0. The fourth-order valence-electron chi connectivity index (χ4n) is 4.54. The van der Waals surface area contributed by atoms with Crippen molar-refractivity contribution in [3.63, 3.8) is 0 Å². The Kier molecular flexibility index (Phi) is 6.81. The van der Waals surface area contributed by atoms with Crippen LogP contribution in [-0.4, -0.2) is 43.7 Å². The molecule has 2 aromatic carbocycles. The van der Waals surface area contributed by atoms with Gasteiger partial charge in [0.25, 0.3) is 0 Å². The molecule has 2 aliphatic heterocycles. The number of hydrogen-bond donors (Lipinski definition) is 1. The molecule has 2 heterocycles. The van der Waals surface area contributed by atoms with Crippen LogP contribution in [0.1, 0.15) is 39.0 Å². The largest absolute Gasteiger partial charge is 0.326 e. The van der Waals surface area contributed by atoms with Gasteiger partial charge in [-0.25, -0.2) is 12.8 Å². The normalized spacial score (nSPS) is 21.9. The van der Waals surface area contributed by atoms with Gasteiger partial charge in [-0.2, -0.15) is 4.31 Å². The summed E-state index contributed by atoms with van der Waals surface area (Å²) in [5.41, 5.74) is 1.02. The van der Waals surface area contributed by atoms with E-state index in [0.29, 0.717) is 17.9 Å². The number of nitrogens with one attached hydrogen (secondary N) is 1. The fourth-order valence-corrected chi connectivity index (χ4v) is 6.31. The molecule has 2 atom stereocenters. The standard InChI is InChI=1S/C24H28FN3O4S/c1-2-20-5-3-4-14-28(20)33(31,32)22-12-8-19(9-13-22)26-24(30)17-15-23(29)27(16-17)21-10-6-18(25)7-11-21/h6-13,17,20H,2-5,14-16H2,1H3,(H,26,30). The zero-order chi connectivity index (χ0) is 23.6. The SMILES string of the molecule is CCC1CCCCN1S(=O)(=O)c1ccc(NC(=O)C2CC(=O)N(c3ccc(F)cc3)C2)cc1. The molecule has 2 amide bonds. The van der Waals surface area contributed by atoms with Crippen molar-refractivity contribution in [3.05, 3.63) is 54.3 Å². The van der Waals surface area contributed by atoms with Crippen LogP contribution in [0.3, 0.4) is 0 Å². The Bertz CT molecular complexity index is 1120. The highest BCUT2D eigenvalue weighted by atomic mass is 32.2. The Hall–Kier alpha value is -2.78. The summed E-state index contributed by atoms with van der Waals surface area (Å²) in [5, 5.41) is 2.78. The molecule has 2 saturated heterocycles. The Labute approximate surface area is 193 Å². The summed E-state index contributed by atoms with van der Waals surface area (Å²) in [4.78, 5) is 26.8. The van der Waals surface area contributed by atoms with Gasteiger partial charge < -0.3 is 10.2 Å². The van der Waals surface area contributed by atoms with Crippen molar-refractivity contribution in [2.75, 3.05) is 23.3 Å². The number of rotatable bonds is 6. The van der Waals surface area contributed by atoms with Crippen LogP contribution >= 0.6 is 0 Å². The van der Waals surface area contributed by atoms with Crippen LogP contribution < -0.4 is 10.2 Å². The molecule has 0 saturated carbocycles. The third kappa shape index (κ3) is 4.94. The van der Waals surface area contributed by atoms with Crippen molar-refractivity contribution >= 4 is 33.2 Å². The number of carbonyl (C=O) groups is 2. The Morgan fingerprint density at radius 3 is 2.45 bits per heavy atom. The number of anilines is 2. The molecule has 176 valence electrons. The average molecular weight is 474 g/mol. The molecule has 0 spiro atoms. The molecule has 0 bridgehead atoms. The van der Waals surface area contributed by atoms with Crippen molar-refractivity contribution in [3.8, 4) is 0 Å². The molecule has 33 heavy (non-hydrogen) atoms. The van der Waals surface area contributed by atoms with Crippen molar-refractivity contribution in [2.45, 2.75) is 50.0 Å². The minimum Gasteiger partial charge on any atom is -0.326 e. The monoisotopic (exact) mass is 473 g/mol. The third-order valence-corrected chi connectivity index (χ3v) is 8.37. The van der Waals surface area contributed by atoms with E-state index in [1.165, 1.54) is 41.3 Å². The third-order valence-electron chi connectivity index (χ3n) is 6.41. The molecule has 2 aromatic rings. The van der Waals surface area contributed by atoms with Crippen LogP contribution in [0.5, 0.6) is 0 Å². The molecular formula is C24H28FN3O4S. The van der Waals surface area contributed by atoms with E-state index < -0.39 is 21.8 Å². The quantitative estimate of drug-likeness (QED) is 0.692. The van der Waals surface area contributed by atoms with Crippen LogP contribution in [0.25, 0.3) is 0 Å². The van der Waals surface area contributed by atoms with E-state index in [0.717, 1.165) is 25.7 Å². The molecule has 0 aromatic heterocycles. The van der Waals surface area contributed by atoms with Crippen LogP contribution in [0, 0.1) is 11.7 Å². The lowest BCUT2D eigenvalue weighted by Gasteiger charge is -2.34. The van der Waals surface area contributed by atoms with Crippen molar-refractivity contribution in [1.29, 1.82) is 0 Å². The van der Waals surface area contributed by atoms with Gasteiger partial charge in [0.2, 0.25) is 21.8 Å². The summed E-state index contributed by atoms with van der Waals surface area (Å²) in [5.74, 6) is -1.46. The first-order chi connectivity index (χ1) is 15.8. The minimum absolute atomic E-state index is 0.0205. The van der Waals surface area contributed by atoms with Crippen LogP contribution in [-0.2, 0) is 19.6 Å². The predicted molar refractivity (Wildman–Crippen MR) is 124 cm³/mol. The number of piperidine rings is 1. The number of sulfonamides is 1. The van der Waals surface area contributed by atoms with Crippen LogP contribution in [0.4, 0.5) is 15.8 Å². The Morgan fingerprint density at radius 2 is 1.79 bits per heavy atom. The van der Waals surface area contributed by atoms with E-state index in [2.05, 4.69) is 5.32 Å². The van der Waals surface area contributed by atoms with Gasteiger partial charge in [0.15, 0.2) is 0 Å². The van der Waals surface area contributed by atoms with Gasteiger partial charge in [-0.1, -0.05) is 13.3 Å². The van der Waals surface area contributed by atoms with Crippen molar-refractivity contribution in [2.24, 2.45) is 5.92 Å². The zero-order valence-corrected chi connectivity index (χ0v) is 19.4. The molecule has 2 aliphatic rings. The Morgan fingerprint density at radius 1 is 1.09 bits per heavy atom. The number of halogens is 1. The summed E-state index contributed by atoms with van der Waals surface area (Å²) >= 11 is 0. The first-order valence-corrected chi connectivity index (χ1v) is 12.7. The van der Waals surface area contributed by atoms with Gasteiger partial charge in [-0.05, 0) is 67.8 Å². The van der Waals surface area contributed by atoms with Gasteiger partial charge in [0.05, 0.1) is 10.8 Å². The van der Waals surface area contributed by atoms with Crippen LogP contribution in [0.15, 0.2) is 53.4 Å². The summed E-state index contributed by atoms with van der Waals surface area (Å²) in [6, 6.07) is 11.8. The van der Waals surface area contributed by atoms with Gasteiger partial charge in [-0.3, -0.25) is 9.59 Å². The van der Waals surface area contributed by atoms with E-state index in [1.807, 2.05) is 6.92 Å². The smallest absolute Gasteiger partial charge is 0.243 e. The lowest BCUT2D eigenvalue weighted by molar-refractivity contribution is -0.122. The second kappa shape index (κ2) is 9.61. The molecule has 0 aliphatic carbocycles. The lowest BCUT2D eigenvalue weighted by Crippen LogP contribution is -2.43. The first kappa shape index (κ1) is 23.4. The van der Waals surface area contributed by atoms with Gasteiger partial charge in [0.1, 0.15) is 5.82 Å². The Balaban J connectivity index is 1.41.